The Labute approximate surface area is 122 Å². The fourth-order valence-electron chi connectivity index (χ4n) is 2.55. The molecule has 1 fully saturated rings. The lowest BCUT2D eigenvalue weighted by Crippen LogP contribution is -2.24. The van der Waals surface area contributed by atoms with Gasteiger partial charge in [0.15, 0.2) is 0 Å². The highest BCUT2D eigenvalue weighted by Gasteiger charge is 2.15. The van der Waals surface area contributed by atoms with E-state index in [0.717, 1.165) is 24.6 Å². The molecule has 112 valence electrons. The van der Waals surface area contributed by atoms with Crippen LogP contribution in [-0.4, -0.2) is 21.5 Å². The third kappa shape index (κ3) is 4.21. The second-order valence-electron chi connectivity index (χ2n) is 5.45. The van der Waals surface area contributed by atoms with E-state index in [1.807, 2.05) is 19.1 Å². The first-order valence-electron chi connectivity index (χ1n) is 7.45. The van der Waals surface area contributed by atoms with Gasteiger partial charge in [0.1, 0.15) is 0 Å². The van der Waals surface area contributed by atoms with Crippen molar-refractivity contribution in [1.29, 1.82) is 0 Å². The molecular formula is C15H24N2O2S. The van der Waals surface area contributed by atoms with Crippen molar-refractivity contribution >= 4 is 15.7 Å². The SMILES string of the molecule is CCCNS(=O)(=O)c1ccc(NCC2CCCC2)cc1. The van der Waals surface area contributed by atoms with Crippen LogP contribution in [0.5, 0.6) is 0 Å². The number of benzene rings is 1. The summed E-state index contributed by atoms with van der Waals surface area (Å²) in [6, 6.07) is 7.01. The van der Waals surface area contributed by atoms with Gasteiger partial charge >= 0.3 is 0 Å². The standard InChI is InChI=1S/C15H24N2O2S/c1-2-11-17-20(18,19)15-9-7-14(8-10-15)16-12-13-5-3-4-6-13/h7-10,13,16-17H,2-6,11-12H2,1H3. The lowest BCUT2D eigenvalue weighted by Gasteiger charge is -2.12. The second-order valence-corrected chi connectivity index (χ2v) is 7.22. The van der Waals surface area contributed by atoms with Gasteiger partial charge in [0.05, 0.1) is 4.90 Å². The number of anilines is 1. The summed E-state index contributed by atoms with van der Waals surface area (Å²) in [6.07, 6.45) is 6.08. The van der Waals surface area contributed by atoms with Crippen molar-refractivity contribution in [2.75, 3.05) is 18.4 Å². The summed E-state index contributed by atoms with van der Waals surface area (Å²) in [5.74, 6) is 0.768. The molecule has 2 N–H and O–H groups in total. The average Bonchev–Trinajstić information content (AvgIpc) is 2.97. The Bertz CT molecular complexity index is 505. The molecular weight excluding hydrogens is 272 g/mol. The number of hydrogen-bond acceptors (Lipinski definition) is 3. The van der Waals surface area contributed by atoms with Gasteiger partial charge in [0.2, 0.25) is 10.0 Å². The molecule has 5 heteroatoms. The van der Waals surface area contributed by atoms with E-state index in [-0.39, 0.29) is 0 Å². The maximum absolute atomic E-state index is 11.9. The van der Waals surface area contributed by atoms with Crippen LogP contribution in [-0.2, 0) is 10.0 Å². The molecule has 0 atom stereocenters. The molecule has 0 aliphatic heterocycles. The third-order valence-electron chi connectivity index (χ3n) is 3.78. The molecule has 1 aliphatic rings. The molecule has 0 aromatic heterocycles. The molecule has 20 heavy (non-hydrogen) atoms. The van der Waals surface area contributed by atoms with E-state index in [1.165, 1.54) is 25.7 Å². The van der Waals surface area contributed by atoms with Crippen molar-refractivity contribution in [2.45, 2.75) is 43.9 Å². The quantitative estimate of drug-likeness (QED) is 0.813. The van der Waals surface area contributed by atoms with E-state index in [9.17, 15) is 8.42 Å². The van der Waals surface area contributed by atoms with E-state index in [2.05, 4.69) is 10.0 Å². The van der Waals surface area contributed by atoms with Crippen molar-refractivity contribution in [3.8, 4) is 0 Å². The molecule has 0 saturated heterocycles. The Balaban J connectivity index is 1.91. The summed E-state index contributed by atoms with van der Waals surface area (Å²) in [4.78, 5) is 0.331. The summed E-state index contributed by atoms with van der Waals surface area (Å²) >= 11 is 0. The summed E-state index contributed by atoms with van der Waals surface area (Å²) in [7, 11) is -3.35. The first-order valence-corrected chi connectivity index (χ1v) is 8.94. The van der Waals surface area contributed by atoms with Crippen LogP contribution in [0.4, 0.5) is 5.69 Å². The third-order valence-corrected chi connectivity index (χ3v) is 5.25. The average molecular weight is 296 g/mol. The van der Waals surface area contributed by atoms with Crippen LogP contribution in [0, 0.1) is 5.92 Å². The van der Waals surface area contributed by atoms with Crippen LogP contribution in [0.2, 0.25) is 0 Å². The lowest BCUT2D eigenvalue weighted by atomic mass is 10.1. The zero-order chi connectivity index (χ0) is 14.4. The molecule has 1 aliphatic carbocycles. The van der Waals surface area contributed by atoms with E-state index in [0.29, 0.717) is 11.4 Å². The molecule has 2 rings (SSSR count). The summed E-state index contributed by atoms with van der Waals surface area (Å²) in [6.45, 7) is 3.41. The molecule has 0 spiro atoms. The highest BCUT2D eigenvalue weighted by Crippen LogP contribution is 2.25. The fraction of sp³-hybridized carbons (Fsp3) is 0.600. The summed E-state index contributed by atoms with van der Waals surface area (Å²) in [5, 5.41) is 3.39. The smallest absolute Gasteiger partial charge is 0.240 e. The monoisotopic (exact) mass is 296 g/mol. The molecule has 1 aromatic rings. The number of hydrogen-bond donors (Lipinski definition) is 2. The van der Waals surface area contributed by atoms with Crippen molar-refractivity contribution in [2.24, 2.45) is 5.92 Å². The molecule has 0 bridgehead atoms. The largest absolute Gasteiger partial charge is 0.385 e. The van der Waals surface area contributed by atoms with Gasteiger partial charge in [-0.25, -0.2) is 13.1 Å². The fourth-order valence-corrected chi connectivity index (χ4v) is 3.68. The molecule has 1 aromatic carbocycles. The van der Waals surface area contributed by atoms with Crippen LogP contribution < -0.4 is 10.0 Å². The van der Waals surface area contributed by atoms with E-state index >= 15 is 0 Å². The molecule has 1 saturated carbocycles. The van der Waals surface area contributed by atoms with E-state index < -0.39 is 10.0 Å². The van der Waals surface area contributed by atoms with Gasteiger partial charge in [0, 0.05) is 18.8 Å². The van der Waals surface area contributed by atoms with Crippen molar-refractivity contribution in [3.63, 3.8) is 0 Å². The highest BCUT2D eigenvalue weighted by molar-refractivity contribution is 7.89. The Morgan fingerprint density at radius 3 is 2.40 bits per heavy atom. The Morgan fingerprint density at radius 1 is 1.15 bits per heavy atom. The highest BCUT2D eigenvalue weighted by atomic mass is 32.2. The Kier molecular flexibility index (Phi) is 5.43. The molecule has 4 nitrogen and oxygen atoms in total. The van der Waals surface area contributed by atoms with Crippen LogP contribution in [0.3, 0.4) is 0 Å². The Hall–Kier alpha value is -1.07. The minimum Gasteiger partial charge on any atom is -0.385 e. The van der Waals surface area contributed by atoms with E-state index in [4.69, 9.17) is 0 Å². The zero-order valence-electron chi connectivity index (χ0n) is 12.1. The van der Waals surface area contributed by atoms with Gasteiger partial charge in [-0.2, -0.15) is 0 Å². The van der Waals surface area contributed by atoms with Gasteiger partial charge < -0.3 is 5.32 Å². The molecule has 0 unspecified atom stereocenters. The minimum absolute atomic E-state index is 0.331. The number of nitrogens with one attached hydrogen (secondary N) is 2. The maximum atomic E-state index is 11.9. The zero-order valence-corrected chi connectivity index (χ0v) is 12.9. The van der Waals surface area contributed by atoms with E-state index in [1.54, 1.807) is 12.1 Å². The summed E-state index contributed by atoms with van der Waals surface area (Å²) in [5.41, 5.74) is 0.992. The topological polar surface area (TPSA) is 58.2 Å². The minimum atomic E-state index is -3.35. The van der Waals surface area contributed by atoms with Gasteiger partial charge in [-0.1, -0.05) is 19.8 Å². The lowest BCUT2D eigenvalue weighted by molar-refractivity contribution is 0.579. The van der Waals surface area contributed by atoms with Crippen LogP contribution in [0.25, 0.3) is 0 Å². The predicted octanol–water partition coefficient (Wildman–Crippen LogP) is 2.98. The summed E-state index contributed by atoms with van der Waals surface area (Å²) < 4.78 is 26.4. The number of rotatable bonds is 7. The van der Waals surface area contributed by atoms with Crippen LogP contribution in [0.15, 0.2) is 29.2 Å². The molecule has 0 radical (unpaired) electrons. The van der Waals surface area contributed by atoms with Crippen molar-refractivity contribution in [3.05, 3.63) is 24.3 Å². The van der Waals surface area contributed by atoms with Gasteiger partial charge in [0.25, 0.3) is 0 Å². The Morgan fingerprint density at radius 2 is 1.80 bits per heavy atom. The van der Waals surface area contributed by atoms with Gasteiger partial charge in [-0.05, 0) is 49.4 Å². The maximum Gasteiger partial charge on any atom is 0.240 e. The normalized spacial score (nSPS) is 16.4. The second kappa shape index (κ2) is 7.09. The molecule has 0 amide bonds. The van der Waals surface area contributed by atoms with Gasteiger partial charge in [-0.3, -0.25) is 0 Å². The van der Waals surface area contributed by atoms with Crippen LogP contribution >= 0.6 is 0 Å². The van der Waals surface area contributed by atoms with Crippen molar-refractivity contribution in [1.82, 2.24) is 4.72 Å². The van der Waals surface area contributed by atoms with Gasteiger partial charge in [-0.15, -0.1) is 0 Å². The molecule has 0 heterocycles. The first-order chi connectivity index (χ1) is 9.62. The van der Waals surface area contributed by atoms with Crippen LogP contribution in [0.1, 0.15) is 39.0 Å². The number of sulfonamides is 1. The predicted molar refractivity (Wildman–Crippen MR) is 82.4 cm³/mol. The van der Waals surface area contributed by atoms with Crippen molar-refractivity contribution < 1.29 is 8.42 Å². The first kappa shape index (κ1) is 15.3.